The van der Waals surface area contributed by atoms with E-state index in [1.807, 2.05) is 6.08 Å². The van der Waals surface area contributed by atoms with Gasteiger partial charge in [-0.3, -0.25) is 0 Å². The van der Waals surface area contributed by atoms with Gasteiger partial charge < -0.3 is 4.74 Å². The average Bonchev–Trinajstić information content (AvgIpc) is 2.79. The smallest absolute Gasteiger partial charge is 0.346 e. The molecule has 1 fully saturated rings. The second-order valence-electron chi connectivity index (χ2n) is 8.49. The van der Waals surface area contributed by atoms with E-state index in [-0.39, 0.29) is 11.3 Å². The van der Waals surface area contributed by atoms with E-state index in [0.29, 0.717) is 22.6 Å². The Morgan fingerprint density at radius 2 is 1.62 bits per heavy atom. The van der Waals surface area contributed by atoms with Crippen LogP contribution in [-0.2, 0) is 0 Å². The van der Waals surface area contributed by atoms with Crippen LogP contribution in [0.2, 0.25) is 0 Å². The first kappa shape index (κ1) is 22.1. The van der Waals surface area contributed by atoms with Crippen LogP contribution >= 0.6 is 0 Å². The Morgan fingerprint density at radius 1 is 0.906 bits per heavy atom. The van der Waals surface area contributed by atoms with Crippen LogP contribution in [-0.4, -0.2) is 5.97 Å². The van der Waals surface area contributed by atoms with Crippen molar-refractivity contribution in [3.8, 4) is 5.75 Å². The summed E-state index contributed by atoms with van der Waals surface area (Å²) in [5.74, 6) is -2.25. The number of carbonyl (C=O) groups is 1. The first-order valence-corrected chi connectivity index (χ1v) is 11.0. The molecule has 0 amide bonds. The van der Waals surface area contributed by atoms with E-state index in [1.54, 1.807) is 6.07 Å². The number of hydrogen-bond donors (Lipinski definition) is 0. The summed E-state index contributed by atoms with van der Waals surface area (Å²) in [5, 5.41) is 0.854. The molecule has 0 aromatic heterocycles. The van der Waals surface area contributed by atoms with E-state index in [2.05, 4.69) is 6.58 Å². The summed E-state index contributed by atoms with van der Waals surface area (Å²) in [6.45, 7) is 3.78. The molecule has 0 bridgehead atoms. The molecule has 4 rings (SSSR count). The minimum absolute atomic E-state index is 0.134. The standard InChI is InChI=1S/C27H25F3O2/c1-2-3-4-17-5-7-18(8-6-17)19-10-12-23(24(28)14-19)27(31)32-22-11-9-20-15-25(29)26(30)16-21(20)13-22/h2,9-18H,1,3-8H2. The minimum Gasteiger partial charge on any atom is -0.423 e. The molecule has 0 spiro atoms. The second-order valence-corrected chi connectivity index (χ2v) is 8.49. The molecule has 3 aromatic rings. The van der Waals surface area contributed by atoms with Crippen LogP contribution in [0, 0.1) is 23.4 Å². The van der Waals surface area contributed by atoms with Gasteiger partial charge in [0.1, 0.15) is 11.6 Å². The Bertz CT molecular complexity index is 1150. The second kappa shape index (κ2) is 9.60. The monoisotopic (exact) mass is 438 g/mol. The largest absolute Gasteiger partial charge is 0.423 e. The number of halogens is 3. The zero-order valence-corrected chi connectivity index (χ0v) is 17.8. The Hall–Kier alpha value is -3.08. The quantitative estimate of drug-likeness (QED) is 0.224. The molecule has 1 aliphatic rings. The fraction of sp³-hybridized carbons (Fsp3) is 0.296. The summed E-state index contributed by atoms with van der Waals surface area (Å²) in [4.78, 5) is 12.5. The fourth-order valence-corrected chi connectivity index (χ4v) is 4.53. The molecule has 0 atom stereocenters. The van der Waals surface area contributed by atoms with Crippen LogP contribution in [0.4, 0.5) is 13.2 Å². The summed E-state index contributed by atoms with van der Waals surface area (Å²) >= 11 is 0. The zero-order chi connectivity index (χ0) is 22.7. The molecule has 3 aromatic carbocycles. The van der Waals surface area contributed by atoms with Crippen LogP contribution in [0.5, 0.6) is 5.75 Å². The molecule has 0 heterocycles. The lowest BCUT2D eigenvalue weighted by Crippen LogP contribution is -2.15. The lowest BCUT2D eigenvalue weighted by Gasteiger charge is -2.28. The Labute approximate surface area is 185 Å². The van der Waals surface area contributed by atoms with E-state index in [0.717, 1.165) is 56.2 Å². The molecule has 0 radical (unpaired) electrons. The van der Waals surface area contributed by atoms with Crippen molar-refractivity contribution < 1.29 is 22.7 Å². The molecule has 0 saturated heterocycles. The lowest BCUT2D eigenvalue weighted by atomic mass is 9.77. The molecule has 2 nitrogen and oxygen atoms in total. The number of ether oxygens (including phenoxy) is 1. The van der Waals surface area contributed by atoms with E-state index >= 15 is 0 Å². The van der Waals surface area contributed by atoms with Crippen molar-refractivity contribution in [3.63, 3.8) is 0 Å². The van der Waals surface area contributed by atoms with Crippen molar-refractivity contribution >= 4 is 16.7 Å². The average molecular weight is 438 g/mol. The number of fused-ring (bicyclic) bond motifs is 1. The predicted octanol–water partition coefficient (Wildman–Crippen LogP) is 7.72. The molecule has 0 unspecified atom stereocenters. The van der Waals surface area contributed by atoms with Gasteiger partial charge >= 0.3 is 5.97 Å². The van der Waals surface area contributed by atoms with Crippen molar-refractivity contribution in [1.29, 1.82) is 0 Å². The topological polar surface area (TPSA) is 26.3 Å². The maximum atomic E-state index is 14.7. The SMILES string of the molecule is C=CCCC1CCC(c2ccc(C(=O)Oc3ccc4cc(F)c(F)cc4c3)c(F)c2)CC1. The van der Waals surface area contributed by atoms with Gasteiger partial charge in [0.2, 0.25) is 0 Å². The van der Waals surface area contributed by atoms with Gasteiger partial charge in [-0.1, -0.05) is 18.2 Å². The van der Waals surface area contributed by atoms with Gasteiger partial charge in [0.05, 0.1) is 5.56 Å². The summed E-state index contributed by atoms with van der Waals surface area (Å²) < 4.78 is 46.9. The third kappa shape index (κ3) is 4.87. The molecular weight excluding hydrogens is 413 g/mol. The van der Waals surface area contributed by atoms with E-state index in [9.17, 15) is 18.0 Å². The summed E-state index contributed by atoms with van der Waals surface area (Å²) in [7, 11) is 0. The summed E-state index contributed by atoms with van der Waals surface area (Å²) in [5.41, 5.74) is 0.753. The first-order valence-electron chi connectivity index (χ1n) is 11.0. The maximum absolute atomic E-state index is 14.7. The number of rotatable bonds is 6. The first-order chi connectivity index (χ1) is 15.4. The maximum Gasteiger partial charge on any atom is 0.346 e. The Kier molecular flexibility index (Phi) is 6.63. The summed E-state index contributed by atoms with van der Waals surface area (Å²) in [6, 6.07) is 11.2. The van der Waals surface area contributed by atoms with E-state index < -0.39 is 23.4 Å². The number of carbonyl (C=O) groups excluding carboxylic acids is 1. The zero-order valence-electron chi connectivity index (χ0n) is 17.8. The molecule has 1 saturated carbocycles. The molecule has 32 heavy (non-hydrogen) atoms. The van der Waals surface area contributed by atoms with Crippen molar-refractivity contribution in [1.82, 2.24) is 0 Å². The van der Waals surface area contributed by atoms with Gasteiger partial charge in [-0.25, -0.2) is 18.0 Å². The van der Waals surface area contributed by atoms with Gasteiger partial charge in [-0.15, -0.1) is 6.58 Å². The highest BCUT2D eigenvalue weighted by Gasteiger charge is 2.24. The number of hydrogen-bond acceptors (Lipinski definition) is 2. The van der Waals surface area contributed by atoms with Crippen LogP contribution in [0.1, 0.15) is 60.4 Å². The molecule has 5 heteroatoms. The highest BCUT2D eigenvalue weighted by Crippen LogP contribution is 2.38. The third-order valence-electron chi connectivity index (χ3n) is 6.37. The normalized spacial score (nSPS) is 18.5. The van der Waals surface area contributed by atoms with Crippen molar-refractivity contribution in [2.45, 2.75) is 44.4 Å². The van der Waals surface area contributed by atoms with Gasteiger partial charge in [0.15, 0.2) is 11.6 Å². The fourth-order valence-electron chi connectivity index (χ4n) is 4.53. The summed E-state index contributed by atoms with van der Waals surface area (Å²) in [6.07, 6.45) is 8.41. The number of allylic oxidation sites excluding steroid dienone is 1. The van der Waals surface area contributed by atoms with Gasteiger partial charge in [-0.2, -0.15) is 0 Å². The molecule has 0 N–H and O–H groups in total. The van der Waals surface area contributed by atoms with Crippen LogP contribution < -0.4 is 4.74 Å². The van der Waals surface area contributed by atoms with Gasteiger partial charge in [-0.05, 0) is 103 Å². The van der Waals surface area contributed by atoms with Crippen molar-refractivity contribution in [2.24, 2.45) is 5.92 Å². The number of benzene rings is 3. The highest BCUT2D eigenvalue weighted by atomic mass is 19.2. The lowest BCUT2D eigenvalue weighted by molar-refractivity contribution is 0.0730. The van der Waals surface area contributed by atoms with Crippen LogP contribution in [0.25, 0.3) is 10.8 Å². The van der Waals surface area contributed by atoms with E-state index in [4.69, 9.17) is 4.74 Å². The van der Waals surface area contributed by atoms with Crippen LogP contribution in [0.3, 0.4) is 0 Å². The van der Waals surface area contributed by atoms with Gasteiger partial charge in [0, 0.05) is 0 Å². The van der Waals surface area contributed by atoms with Crippen LogP contribution in [0.15, 0.2) is 61.2 Å². The Morgan fingerprint density at radius 3 is 2.31 bits per heavy atom. The van der Waals surface area contributed by atoms with E-state index in [1.165, 1.54) is 30.3 Å². The third-order valence-corrected chi connectivity index (χ3v) is 6.37. The Balaban J connectivity index is 1.44. The highest BCUT2D eigenvalue weighted by molar-refractivity contribution is 5.92. The molecule has 166 valence electrons. The van der Waals surface area contributed by atoms with Gasteiger partial charge in [0.25, 0.3) is 0 Å². The van der Waals surface area contributed by atoms with Crippen molar-refractivity contribution in [2.75, 3.05) is 0 Å². The number of esters is 1. The minimum atomic E-state index is -0.989. The molecular formula is C27H25F3O2. The predicted molar refractivity (Wildman–Crippen MR) is 119 cm³/mol. The molecule has 0 aliphatic heterocycles. The molecule has 1 aliphatic carbocycles. The van der Waals surface area contributed by atoms with Crippen molar-refractivity contribution in [3.05, 3.63) is 89.8 Å².